The third kappa shape index (κ3) is 1.35. The lowest BCUT2D eigenvalue weighted by atomic mass is 11.3. The first-order valence-corrected chi connectivity index (χ1v) is 10.0. The van der Waals surface area contributed by atoms with E-state index in [9.17, 15) is 0 Å². The quantitative estimate of drug-likeness (QED) is 0.512. The van der Waals surface area contributed by atoms with Crippen LogP contribution in [0.2, 0.25) is 31.0 Å². The molecule has 0 radical (unpaired) electrons. The summed E-state index contributed by atoms with van der Waals surface area (Å²) >= 11 is 0. The van der Waals surface area contributed by atoms with Crippen molar-refractivity contribution in [2.75, 3.05) is 0 Å². The Kier molecular flexibility index (Phi) is 1.48. The van der Waals surface area contributed by atoms with E-state index in [2.05, 4.69) is 31.9 Å². The van der Waals surface area contributed by atoms with Gasteiger partial charge >= 0.3 is 0 Å². The van der Waals surface area contributed by atoms with Crippen molar-refractivity contribution in [1.29, 1.82) is 0 Å². The average molecular weight is 156 g/mol. The number of rotatable bonds is 1. The fourth-order valence-electron chi connectivity index (χ4n) is 2.28. The zero-order chi connectivity index (χ0) is 7.12. The van der Waals surface area contributed by atoms with Crippen molar-refractivity contribution in [3.05, 3.63) is 12.3 Å². The molecule has 1 heterocycles. The van der Waals surface area contributed by atoms with E-state index < -0.39 is 16.1 Å². The summed E-state index contributed by atoms with van der Waals surface area (Å²) in [5.74, 6) is 0. The minimum absolute atomic E-state index is 0.617. The van der Waals surface area contributed by atoms with Gasteiger partial charge in [-0.1, -0.05) is 31.0 Å². The molecule has 0 aromatic carbocycles. The van der Waals surface area contributed by atoms with Gasteiger partial charge in [0, 0.05) is 8.07 Å². The SMILES string of the molecule is C=C[Si]1(C)C[Si](C)(C)C1. The lowest BCUT2D eigenvalue weighted by Crippen LogP contribution is -2.56. The second kappa shape index (κ2) is 1.83. The number of hydrogen-bond donors (Lipinski definition) is 0. The van der Waals surface area contributed by atoms with Gasteiger partial charge in [-0.05, 0) is 0 Å². The van der Waals surface area contributed by atoms with Crippen LogP contribution in [-0.2, 0) is 0 Å². The van der Waals surface area contributed by atoms with Crippen molar-refractivity contribution >= 4 is 16.1 Å². The minimum Gasteiger partial charge on any atom is -0.107 e. The molecular weight excluding hydrogens is 140 g/mol. The summed E-state index contributed by atoms with van der Waals surface area (Å²) in [6.07, 6.45) is 0. The summed E-state index contributed by atoms with van der Waals surface area (Å²) in [7, 11) is -1.40. The highest BCUT2D eigenvalue weighted by Crippen LogP contribution is 2.40. The summed E-state index contributed by atoms with van der Waals surface area (Å²) in [5, 5.41) is 0. The van der Waals surface area contributed by atoms with E-state index in [1.54, 1.807) is 11.3 Å². The summed E-state index contributed by atoms with van der Waals surface area (Å²) in [6, 6.07) is 0. The maximum absolute atomic E-state index is 3.90. The van der Waals surface area contributed by atoms with E-state index in [1.807, 2.05) is 0 Å². The molecule has 52 valence electrons. The van der Waals surface area contributed by atoms with Crippen molar-refractivity contribution in [2.24, 2.45) is 0 Å². The second-order valence-corrected chi connectivity index (χ2v) is 15.2. The molecule has 0 atom stereocenters. The number of hydrogen-bond acceptors (Lipinski definition) is 0. The van der Waals surface area contributed by atoms with Crippen LogP contribution in [0.3, 0.4) is 0 Å². The predicted octanol–water partition coefficient (Wildman–Crippen LogP) is 2.59. The fraction of sp³-hybridized carbons (Fsp3) is 0.714. The van der Waals surface area contributed by atoms with Gasteiger partial charge in [-0.15, -0.1) is 12.3 Å². The van der Waals surface area contributed by atoms with Gasteiger partial charge in [0.15, 0.2) is 0 Å². The van der Waals surface area contributed by atoms with E-state index in [1.165, 1.54) is 0 Å². The smallest absolute Gasteiger partial charge is 0.0688 e. The van der Waals surface area contributed by atoms with E-state index >= 15 is 0 Å². The van der Waals surface area contributed by atoms with E-state index in [-0.39, 0.29) is 0 Å². The van der Waals surface area contributed by atoms with Gasteiger partial charge in [0.2, 0.25) is 0 Å². The van der Waals surface area contributed by atoms with Gasteiger partial charge in [0.05, 0.1) is 8.07 Å². The molecule has 1 rings (SSSR count). The Labute approximate surface area is 60.0 Å². The van der Waals surface area contributed by atoms with Gasteiger partial charge < -0.3 is 0 Å². The molecule has 0 nitrogen and oxygen atoms in total. The standard InChI is InChI=1S/C7H16Si2/c1-5-9(4)6-8(2,3)7-9/h5H,1,6-7H2,2-4H3. The largest absolute Gasteiger partial charge is 0.107 e. The van der Waals surface area contributed by atoms with Crippen molar-refractivity contribution in [1.82, 2.24) is 0 Å². The molecule has 2 heteroatoms. The fourth-order valence-corrected chi connectivity index (χ4v) is 20.5. The normalized spacial score (nSPS) is 28.8. The summed E-state index contributed by atoms with van der Waals surface area (Å²) in [5.41, 5.74) is 5.44. The second-order valence-electron chi connectivity index (χ2n) is 4.38. The lowest BCUT2D eigenvalue weighted by Gasteiger charge is -2.46. The van der Waals surface area contributed by atoms with Crippen molar-refractivity contribution in [3.8, 4) is 0 Å². The van der Waals surface area contributed by atoms with Gasteiger partial charge in [-0.2, -0.15) is 0 Å². The highest BCUT2D eigenvalue weighted by molar-refractivity contribution is 7.14. The molecule has 1 aliphatic rings. The highest BCUT2D eigenvalue weighted by Gasteiger charge is 2.46. The van der Waals surface area contributed by atoms with Crippen LogP contribution in [0.5, 0.6) is 0 Å². The van der Waals surface area contributed by atoms with Crippen LogP contribution >= 0.6 is 0 Å². The van der Waals surface area contributed by atoms with Crippen LogP contribution in [0.15, 0.2) is 12.3 Å². The predicted molar refractivity (Wildman–Crippen MR) is 48.9 cm³/mol. The Bertz CT molecular complexity index is 130. The molecule has 0 aliphatic carbocycles. The monoisotopic (exact) mass is 156 g/mol. The zero-order valence-electron chi connectivity index (χ0n) is 6.70. The molecule has 9 heavy (non-hydrogen) atoms. The Morgan fingerprint density at radius 3 is 1.78 bits per heavy atom. The van der Waals surface area contributed by atoms with Crippen LogP contribution in [-0.4, -0.2) is 16.1 Å². The topological polar surface area (TPSA) is 0 Å². The zero-order valence-corrected chi connectivity index (χ0v) is 8.70. The van der Waals surface area contributed by atoms with Crippen molar-refractivity contribution in [3.63, 3.8) is 0 Å². The lowest BCUT2D eigenvalue weighted by molar-refractivity contribution is 1.36. The molecule has 1 aliphatic heterocycles. The van der Waals surface area contributed by atoms with Crippen molar-refractivity contribution in [2.45, 2.75) is 31.0 Å². The highest BCUT2D eigenvalue weighted by atomic mass is 28.5. The Balaban J connectivity index is 2.50. The van der Waals surface area contributed by atoms with Crippen LogP contribution in [0.4, 0.5) is 0 Å². The molecule has 0 N–H and O–H groups in total. The van der Waals surface area contributed by atoms with E-state index in [4.69, 9.17) is 0 Å². The first kappa shape index (κ1) is 7.28. The molecule has 0 aromatic heterocycles. The third-order valence-corrected chi connectivity index (χ3v) is 17.4. The van der Waals surface area contributed by atoms with E-state index in [0.717, 1.165) is 0 Å². The van der Waals surface area contributed by atoms with Gasteiger partial charge in [0.25, 0.3) is 0 Å². The summed E-state index contributed by atoms with van der Waals surface area (Å²) in [6.45, 7) is 11.3. The molecule has 0 amide bonds. The van der Waals surface area contributed by atoms with E-state index in [0.29, 0.717) is 0 Å². The summed E-state index contributed by atoms with van der Waals surface area (Å²) < 4.78 is 0. The average Bonchev–Trinajstić information content (AvgIpc) is 1.61. The van der Waals surface area contributed by atoms with Gasteiger partial charge in [-0.3, -0.25) is 0 Å². The first-order valence-electron chi connectivity index (χ1n) is 3.61. The maximum Gasteiger partial charge on any atom is 0.0688 e. The first-order chi connectivity index (χ1) is 3.97. The van der Waals surface area contributed by atoms with Gasteiger partial charge in [-0.25, -0.2) is 0 Å². The molecular formula is C7H16Si2. The minimum atomic E-state index is -0.780. The third-order valence-electron chi connectivity index (χ3n) is 2.26. The molecule has 0 bridgehead atoms. The maximum atomic E-state index is 3.90. The Morgan fingerprint density at radius 2 is 1.67 bits per heavy atom. The Hall–Kier alpha value is 0.174. The molecule has 0 spiro atoms. The molecule has 0 aromatic rings. The molecule has 0 saturated carbocycles. The molecule has 0 unspecified atom stereocenters. The van der Waals surface area contributed by atoms with Crippen LogP contribution in [0.1, 0.15) is 0 Å². The van der Waals surface area contributed by atoms with Crippen molar-refractivity contribution < 1.29 is 0 Å². The van der Waals surface area contributed by atoms with Gasteiger partial charge in [0.1, 0.15) is 0 Å². The van der Waals surface area contributed by atoms with Crippen LogP contribution in [0.25, 0.3) is 0 Å². The molecule has 1 fully saturated rings. The Morgan fingerprint density at radius 1 is 1.22 bits per heavy atom. The molecule has 1 saturated heterocycles. The van der Waals surface area contributed by atoms with Crippen LogP contribution in [0, 0.1) is 0 Å². The summed E-state index contributed by atoms with van der Waals surface area (Å²) in [4.78, 5) is 0. The van der Waals surface area contributed by atoms with Crippen LogP contribution < -0.4 is 0 Å².